The molecule has 6 aromatic rings. The average Bonchev–Trinajstić information content (AvgIpc) is 3.67. The zero-order chi connectivity index (χ0) is 30.9. The van der Waals surface area contributed by atoms with Crippen LogP contribution in [-0.2, 0) is 29.2 Å². The Hall–Kier alpha value is -4.67. The second-order valence-corrected chi connectivity index (χ2v) is 12.7. The van der Waals surface area contributed by atoms with Crippen molar-refractivity contribution in [1.82, 2.24) is 19.7 Å². The molecule has 0 radical (unpaired) electrons. The van der Waals surface area contributed by atoms with Gasteiger partial charge >= 0.3 is 20.8 Å². The van der Waals surface area contributed by atoms with Gasteiger partial charge in [-0.3, -0.25) is 0 Å². The highest BCUT2D eigenvalue weighted by Crippen LogP contribution is 2.36. The van der Waals surface area contributed by atoms with Crippen molar-refractivity contribution in [2.45, 2.75) is 0 Å². The second kappa shape index (κ2) is 11.8. The molecule has 15 heteroatoms. The van der Waals surface area contributed by atoms with Crippen molar-refractivity contribution in [2.24, 2.45) is 0 Å². The summed E-state index contributed by atoms with van der Waals surface area (Å²) in [6, 6.07) is 27.9. The summed E-state index contributed by atoms with van der Waals surface area (Å²) in [5.41, 5.74) is 2.86. The minimum Gasteiger partial charge on any atom is -0.361 e. The molecule has 0 aliphatic heterocycles. The van der Waals surface area contributed by atoms with Gasteiger partial charge in [-0.2, -0.15) is 16.8 Å². The lowest BCUT2D eigenvalue weighted by Gasteiger charge is -2.11. The molecule has 224 valence electrons. The van der Waals surface area contributed by atoms with E-state index in [0.717, 1.165) is 35.0 Å². The highest BCUT2D eigenvalue weighted by Gasteiger charge is 2.24. The Morgan fingerprint density at radius 2 is 1.23 bits per heavy atom. The topological polar surface area (TPSA) is 149 Å². The first-order chi connectivity index (χ1) is 21.2. The molecular weight excluding hydrogens is 629 g/mol. The molecule has 6 rings (SSSR count). The Bertz CT molecular complexity index is 2160. The summed E-state index contributed by atoms with van der Waals surface area (Å²) < 4.78 is 70.4. The molecule has 0 aliphatic rings. The first-order valence-electron chi connectivity index (χ1n) is 12.8. The maximum absolute atomic E-state index is 12.2. The van der Waals surface area contributed by atoms with Gasteiger partial charge in [-0.1, -0.05) is 36.4 Å². The highest BCUT2D eigenvalue weighted by molar-refractivity contribution is 7.82. The normalized spacial score (nSPS) is 12.0. The summed E-state index contributed by atoms with van der Waals surface area (Å²) in [5, 5.41) is 5.52. The lowest BCUT2D eigenvalue weighted by Crippen LogP contribution is -2.11. The molecule has 0 bridgehead atoms. The van der Waals surface area contributed by atoms with Gasteiger partial charge in [-0.15, -0.1) is 16.4 Å². The van der Waals surface area contributed by atoms with Gasteiger partial charge in [0.25, 0.3) is 0 Å². The number of thiazole rings is 1. The minimum absolute atomic E-state index is 0.0628. The standard InChI is InChI=1S/C29H22N4O8S3/c1-38-43(34,35)40-24-12-6-3-9-21(24)27-31-28(22-10-4-7-13-25(22)41-44(36,37)39-2)33(32-27)20-17-15-19(16-18-20)29-30-23-11-5-8-14-26(23)42-29/h3-18H,1-2H3. The van der Waals surface area contributed by atoms with E-state index in [4.69, 9.17) is 13.4 Å². The predicted octanol–water partition coefficient (Wildman–Crippen LogP) is 5.42. The second-order valence-electron chi connectivity index (χ2n) is 9.01. The molecule has 0 amide bonds. The van der Waals surface area contributed by atoms with Crippen molar-refractivity contribution in [3.63, 3.8) is 0 Å². The summed E-state index contributed by atoms with van der Waals surface area (Å²) in [7, 11) is -6.76. The molecule has 44 heavy (non-hydrogen) atoms. The average molecular weight is 651 g/mol. The molecule has 0 saturated heterocycles. The molecule has 4 aromatic carbocycles. The zero-order valence-electron chi connectivity index (χ0n) is 23.0. The molecule has 0 unspecified atom stereocenters. The van der Waals surface area contributed by atoms with E-state index in [1.807, 2.05) is 48.5 Å². The summed E-state index contributed by atoms with van der Waals surface area (Å²) >= 11 is 1.57. The van der Waals surface area contributed by atoms with Gasteiger partial charge in [-0.25, -0.2) is 23.0 Å². The number of para-hydroxylation sites is 3. The molecular formula is C29H22N4O8S3. The first-order valence-corrected chi connectivity index (χ1v) is 16.3. The third-order valence-corrected chi connectivity index (χ3v) is 8.98. The Morgan fingerprint density at radius 1 is 0.659 bits per heavy atom. The van der Waals surface area contributed by atoms with E-state index in [1.54, 1.807) is 47.7 Å². The zero-order valence-corrected chi connectivity index (χ0v) is 25.5. The van der Waals surface area contributed by atoms with E-state index >= 15 is 0 Å². The molecule has 0 spiro atoms. The molecule has 0 saturated carbocycles. The fourth-order valence-electron chi connectivity index (χ4n) is 4.26. The molecule has 2 aromatic heterocycles. The Morgan fingerprint density at radius 3 is 1.86 bits per heavy atom. The number of nitrogens with zero attached hydrogens (tertiary/aromatic N) is 4. The van der Waals surface area contributed by atoms with Crippen LogP contribution in [0.4, 0.5) is 0 Å². The number of aromatic nitrogens is 4. The molecule has 0 aliphatic carbocycles. The van der Waals surface area contributed by atoms with Crippen LogP contribution in [-0.4, -0.2) is 50.8 Å². The van der Waals surface area contributed by atoms with Crippen LogP contribution < -0.4 is 8.37 Å². The third kappa shape index (κ3) is 6.04. The number of hydrogen-bond acceptors (Lipinski definition) is 12. The number of rotatable bonds is 10. The fourth-order valence-corrected chi connectivity index (χ4v) is 6.10. The van der Waals surface area contributed by atoms with Gasteiger partial charge in [0, 0.05) is 5.56 Å². The maximum atomic E-state index is 12.2. The van der Waals surface area contributed by atoms with Gasteiger partial charge in [-0.05, 0) is 60.7 Å². The monoisotopic (exact) mass is 650 g/mol. The molecule has 0 atom stereocenters. The highest BCUT2D eigenvalue weighted by atomic mass is 32.3. The first kappa shape index (κ1) is 29.4. The SMILES string of the molecule is COS(=O)(=O)Oc1ccccc1-c1nc(-c2ccccc2OS(=O)(=O)OC)n(-c2ccc(-c3nc4ccccc4s3)cc2)n1. The van der Waals surface area contributed by atoms with Gasteiger partial charge in [0.2, 0.25) is 0 Å². The summed E-state index contributed by atoms with van der Waals surface area (Å²) in [6.07, 6.45) is 0. The van der Waals surface area contributed by atoms with Gasteiger partial charge < -0.3 is 8.37 Å². The van der Waals surface area contributed by atoms with Crippen molar-refractivity contribution < 1.29 is 33.6 Å². The maximum Gasteiger partial charge on any atom is 0.448 e. The van der Waals surface area contributed by atoms with Gasteiger partial charge in [0.15, 0.2) is 23.1 Å². The van der Waals surface area contributed by atoms with E-state index in [0.29, 0.717) is 5.69 Å². The number of hydrogen-bond donors (Lipinski definition) is 0. The third-order valence-electron chi connectivity index (χ3n) is 6.31. The Labute approximate surface area is 256 Å². The van der Waals surface area contributed by atoms with Gasteiger partial charge in [0.05, 0.1) is 41.3 Å². The lowest BCUT2D eigenvalue weighted by atomic mass is 10.1. The Kier molecular flexibility index (Phi) is 7.87. The van der Waals surface area contributed by atoms with E-state index in [9.17, 15) is 16.8 Å². The summed E-state index contributed by atoms with van der Waals surface area (Å²) in [5.74, 6) is 0.142. The van der Waals surface area contributed by atoms with Gasteiger partial charge in [0.1, 0.15) is 5.01 Å². The van der Waals surface area contributed by atoms with Crippen molar-refractivity contribution in [3.8, 4) is 50.5 Å². The lowest BCUT2D eigenvalue weighted by molar-refractivity contribution is 0.329. The molecule has 12 nitrogen and oxygen atoms in total. The van der Waals surface area contributed by atoms with E-state index in [1.165, 1.54) is 16.8 Å². The molecule has 0 N–H and O–H groups in total. The van der Waals surface area contributed by atoms with Crippen LogP contribution in [0.1, 0.15) is 0 Å². The predicted molar refractivity (Wildman–Crippen MR) is 164 cm³/mol. The number of fused-ring (bicyclic) bond motifs is 1. The van der Waals surface area contributed by atoms with Crippen LogP contribution >= 0.6 is 11.3 Å². The van der Waals surface area contributed by atoms with Crippen LogP contribution in [0.3, 0.4) is 0 Å². The van der Waals surface area contributed by atoms with E-state index in [-0.39, 0.29) is 34.3 Å². The quantitative estimate of drug-likeness (QED) is 0.187. The van der Waals surface area contributed by atoms with Crippen LogP contribution in [0.15, 0.2) is 97.1 Å². The smallest absolute Gasteiger partial charge is 0.361 e. The van der Waals surface area contributed by atoms with E-state index < -0.39 is 20.8 Å². The van der Waals surface area contributed by atoms with Crippen molar-refractivity contribution in [2.75, 3.05) is 14.2 Å². The minimum atomic E-state index is -4.37. The van der Waals surface area contributed by atoms with Crippen molar-refractivity contribution >= 4 is 42.4 Å². The number of benzene rings is 4. The largest absolute Gasteiger partial charge is 0.448 e. The van der Waals surface area contributed by atoms with Crippen LogP contribution in [0, 0.1) is 0 Å². The van der Waals surface area contributed by atoms with Crippen LogP contribution in [0.25, 0.3) is 49.3 Å². The summed E-state index contributed by atoms with van der Waals surface area (Å²) in [6.45, 7) is 0. The van der Waals surface area contributed by atoms with Crippen molar-refractivity contribution in [3.05, 3.63) is 97.1 Å². The van der Waals surface area contributed by atoms with Crippen molar-refractivity contribution in [1.29, 1.82) is 0 Å². The summed E-state index contributed by atoms with van der Waals surface area (Å²) in [4.78, 5) is 9.40. The molecule has 2 heterocycles. The molecule has 0 fully saturated rings. The van der Waals surface area contributed by atoms with Crippen LogP contribution in [0.5, 0.6) is 11.5 Å². The Balaban J connectivity index is 1.49. The fraction of sp³-hybridized carbons (Fsp3) is 0.0690. The van der Waals surface area contributed by atoms with Crippen LogP contribution in [0.2, 0.25) is 0 Å². The van der Waals surface area contributed by atoms with E-state index in [2.05, 4.69) is 18.4 Å².